The fraction of sp³-hybridized carbons (Fsp3) is 0.357. The number of benzene rings is 1. The van der Waals surface area contributed by atoms with Crippen LogP contribution in [-0.2, 0) is 11.0 Å². The van der Waals surface area contributed by atoms with Crippen molar-refractivity contribution in [2.75, 3.05) is 5.32 Å². The maximum Gasteiger partial charge on any atom is 0.445 e. The van der Waals surface area contributed by atoms with Crippen LogP contribution in [0.5, 0.6) is 0 Å². The van der Waals surface area contributed by atoms with Gasteiger partial charge in [0.2, 0.25) is 16.0 Å². The van der Waals surface area contributed by atoms with E-state index in [0.29, 0.717) is 11.3 Å². The van der Waals surface area contributed by atoms with Gasteiger partial charge in [-0.15, -0.1) is 10.2 Å². The molecule has 4 nitrogen and oxygen atoms in total. The summed E-state index contributed by atoms with van der Waals surface area (Å²) in [6, 6.07) is 9.23. The van der Waals surface area contributed by atoms with Gasteiger partial charge in [-0.1, -0.05) is 41.7 Å². The van der Waals surface area contributed by atoms with Crippen molar-refractivity contribution < 1.29 is 18.0 Å². The van der Waals surface area contributed by atoms with Crippen LogP contribution in [0.2, 0.25) is 0 Å². The van der Waals surface area contributed by atoms with Gasteiger partial charge < -0.3 is 0 Å². The molecule has 116 valence electrons. The number of carbonyl (C=O) groups excluding carboxylic acids is 1. The Morgan fingerprint density at radius 1 is 1.23 bits per heavy atom. The number of anilines is 1. The fourth-order valence-corrected chi connectivity index (χ4v) is 2.91. The third-order valence-corrected chi connectivity index (χ3v) is 4.32. The van der Waals surface area contributed by atoms with Gasteiger partial charge in [0, 0.05) is 0 Å². The standard InChI is InChI=1S/C14H12F3N3OS/c15-14(16,17)12-19-20-13(22-12)18-11(21)10(9-6-7-9)8-4-2-1-3-5-8/h1-5,9-10H,6-7H2,(H,18,20,21). The quantitative estimate of drug-likeness (QED) is 0.932. The number of nitrogens with one attached hydrogen (secondary N) is 1. The minimum absolute atomic E-state index is 0.126. The highest BCUT2D eigenvalue weighted by Gasteiger charge is 2.39. The summed E-state index contributed by atoms with van der Waals surface area (Å²) in [7, 11) is 0. The predicted molar refractivity (Wildman–Crippen MR) is 75.4 cm³/mol. The molecule has 1 fully saturated rings. The third kappa shape index (κ3) is 3.27. The van der Waals surface area contributed by atoms with Gasteiger partial charge in [-0.2, -0.15) is 13.2 Å². The fourth-order valence-electron chi connectivity index (χ4n) is 2.30. The summed E-state index contributed by atoms with van der Waals surface area (Å²) in [6.45, 7) is 0. The van der Waals surface area contributed by atoms with Gasteiger partial charge in [-0.3, -0.25) is 10.1 Å². The van der Waals surface area contributed by atoms with Crippen LogP contribution in [0.25, 0.3) is 0 Å². The average molecular weight is 327 g/mol. The van der Waals surface area contributed by atoms with Crippen LogP contribution < -0.4 is 5.32 Å². The van der Waals surface area contributed by atoms with Gasteiger partial charge in [0.05, 0.1) is 5.92 Å². The van der Waals surface area contributed by atoms with Crippen molar-refractivity contribution in [1.29, 1.82) is 0 Å². The molecule has 1 atom stereocenters. The second-order valence-corrected chi connectivity index (χ2v) is 6.10. The Morgan fingerprint density at radius 3 is 2.45 bits per heavy atom. The number of hydrogen-bond donors (Lipinski definition) is 1. The Labute approximate surface area is 128 Å². The molecular weight excluding hydrogens is 315 g/mol. The van der Waals surface area contributed by atoms with Crippen LogP contribution in [-0.4, -0.2) is 16.1 Å². The van der Waals surface area contributed by atoms with Crippen molar-refractivity contribution in [2.45, 2.75) is 24.9 Å². The van der Waals surface area contributed by atoms with Crippen LogP contribution in [0.4, 0.5) is 18.3 Å². The predicted octanol–water partition coefficient (Wildman–Crippen LogP) is 3.69. The van der Waals surface area contributed by atoms with E-state index in [4.69, 9.17) is 0 Å². The van der Waals surface area contributed by atoms with E-state index >= 15 is 0 Å². The molecule has 2 aromatic rings. The Bertz CT molecular complexity index is 667. The molecule has 8 heteroatoms. The van der Waals surface area contributed by atoms with Crippen molar-refractivity contribution in [1.82, 2.24) is 10.2 Å². The Kier molecular flexibility index (Phi) is 3.86. The third-order valence-electron chi connectivity index (χ3n) is 3.43. The summed E-state index contributed by atoms with van der Waals surface area (Å²) in [5.41, 5.74) is 0.864. The van der Waals surface area contributed by atoms with Crippen LogP contribution in [0.1, 0.15) is 29.3 Å². The van der Waals surface area contributed by atoms with Crippen molar-refractivity contribution in [3.63, 3.8) is 0 Å². The zero-order chi connectivity index (χ0) is 15.7. The van der Waals surface area contributed by atoms with E-state index in [2.05, 4.69) is 15.5 Å². The minimum atomic E-state index is -4.55. The number of nitrogens with zero attached hydrogens (tertiary/aromatic N) is 2. The second kappa shape index (κ2) is 5.68. The first-order valence-electron chi connectivity index (χ1n) is 6.71. The van der Waals surface area contributed by atoms with E-state index in [9.17, 15) is 18.0 Å². The van der Waals surface area contributed by atoms with Gasteiger partial charge in [-0.05, 0) is 24.3 Å². The van der Waals surface area contributed by atoms with Crippen molar-refractivity contribution in [3.8, 4) is 0 Å². The number of rotatable bonds is 4. The van der Waals surface area contributed by atoms with Crippen molar-refractivity contribution in [2.24, 2.45) is 5.92 Å². The maximum atomic E-state index is 12.5. The number of halogens is 3. The van der Waals surface area contributed by atoms with Gasteiger partial charge in [-0.25, -0.2) is 0 Å². The van der Waals surface area contributed by atoms with Crippen LogP contribution in [0, 0.1) is 5.92 Å². The SMILES string of the molecule is O=C(Nc1nnc(C(F)(F)F)s1)C(c1ccccc1)C1CC1. The molecule has 1 N–H and O–H groups in total. The minimum Gasteiger partial charge on any atom is -0.300 e. The molecule has 0 saturated heterocycles. The summed E-state index contributed by atoms with van der Waals surface area (Å²) >= 11 is 0.334. The first-order valence-corrected chi connectivity index (χ1v) is 7.53. The van der Waals surface area contributed by atoms with Crippen molar-refractivity contribution in [3.05, 3.63) is 40.9 Å². The van der Waals surface area contributed by atoms with Gasteiger partial charge in [0.15, 0.2) is 0 Å². The zero-order valence-corrected chi connectivity index (χ0v) is 12.1. The molecule has 22 heavy (non-hydrogen) atoms. The summed E-state index contributed by atoms with van der Waals surface area (Å²) in [6.07, 6.45) is -2.66. The maximum absolute atomic E-state index is 12.5. The van der Waals surface area contributed by atoms with E-state index in [0.717, 1.165) is 18.4 Å². The van der Waals surface area contributed by atoms with E-state index in [1.165, 1.54) is 0 Å². The molecule has 0 spiro atoms. The summed E-state index contributed by atoms with van der Waals surface area (Å²) in [4.78, 5) is 12.4. The first kappa shape index (κ1) is 15.0. The van der Waals surface area contributed by atoms with Crippen molar-refractivity contribution >= 4 is 22.4 Å². The van der Waals surface area contributed by atoms with E-state index in [1.807, 2.05) is 30.3 Å². The summed E-state index contributed by atoms with van der Waals surface area (Å²) in [5, 5.41) is 7.73. The van der Waals surface area contributed by atoms with E-state index < -0.39 is 11.2 Å². The molecule has 1 unspecified atom stereocenters. The number of alkyl halides is 3. The molecule has 1 aromatic carbocycles. The molecule has 1 amide bonds. The number of amides is 1. The lowest BCUT2D eigenvalue weighted by atomic mass is 9.93. The van der Waals surface area contributed by atoms with Crippen LogP contribution >= 0.6 is 11.3 Å². The van der Waals surface area contributed by atoms with E-state index in [1.54, 1.807) is 0 Å². The highest BCUT2D eigenvalue weighted by Crippen LogP contribution is 2.43. The molecule has 3 rings (SSSR count). The summed E-state index contributed by atoms with van der Waals surface area (Å²) < 4.78 is 37.5. The highest BCUT2D eigenvalue weighted by molar-refractivity contribution is 7.15. The van der Waals surface area contributed by atoms with Gasteiger partial charge in [0.1, 0.15) is 0 Å². The molecule has 1 aromatic heterocycles. The number of aromatic nitrogens is 2. The Hall–Kier alpha value is -1.96. The molecule has 0 radical (unpaired) electrons. The Morgan fingerprint density at radius 2 is 1.91 bits per heavy atom. The van der Waals surface area contributed by atoms with Gasteiger partial charge >= 0.3 is 6.18 Å². The summed E-state index contributed by atoms with van der Waals surface area (Å²) in [5.74, 6) is -0.463. The lowest BCUT2D eigenvalue weighted by Crippen LogP contribution is -2.22. The number of carbonyl (C=O) groups is 1. The highest BCUT2D eigenvalue weighted by atomic mass is 32.1. The zero-order valence-electron chi connectivity index (χ0n) is 11.3. The van der Waals surface area contributed by atoms with E-state index in [-0.39, 0.29) is 22.9 Å². The lowest BCUT2D eigenvalue weighted by molar-refractivity contribution is -0.138. The van der Waals surface area contributed by atoms with Crippen LogP contribution in [0.15, 0.2) is 30.3 Å². The second-order valence-electron chi connectivity index (χ2n) is 5.13. The largest absolute Gasteiger partial charge is 0.445 e. The molecule has 1 saturated carbocycles. The lowest BCUT2D eigenvalue weighted by Gasteiger charge is -2.15. The molecular formula is C14H12F3N3OS. The molecule has 0 aliphatic heterocycles. The monoisotopic (exact) mass is 327 g/mol. The topological polar surface area (TPSA) is 54.9 Å². The Balaban J connectivity index is 1.76. The molecule has 1 aliphatic carbocycles. The molecule has 1 heterocycles. The smallest absolute Gasteiger partial charge is 0.300 e. The normalized spacial score (nSPS) is 16.3. The average Bonchev–Trinajstić information content (AvgIpc) is 3.16. The number of hydrogen-bond acceptors (Lipinski definition) is 4. The van der Waals surface area contributed by atoms with Crippen LogP contribution in [0.3, 0.4) is 0 Å². The molecule has 0 bridgehead atoms. The van der Waals surface area contributed by atoms with Gasteiger partial charge in [0.25, 0.3) is 0 Å². The molecule has 1 aliphatic rings. The first-order chi connectivity index (χ1) is 10.4.